The van der Waals surface area contributed by atoms with E-state index in [0.717, 1.165) is 37.4 Å². The monoisotopic (exact) mass is 366 g/mol. The number of pyridine rings is 1. The molecule has 6 heteroatoms. The summed E-state index contributed by atoms with van der Waals surface area (Å²) in [4.78, 5) is 16.3. The van der Waals surface area contributed by atoms with Gasteiger partial charge in [0.15, 0.2) is 0 Å². The molecule has 0 radical (unpaired) electrons. The number of nitrogens with one attached hydrogen (secondary N) is 1. The summed E-state index contributed by atoms with van der Waals surface area (Å²) in [7, 11) is 1.62. The van der Waals surface area contributed by atoms with Gasteiger partial charge in [-0.25, -0.2) is 9.97 Å². The summed E-state index contributed by atoms with van der Waals surface area (Å²) in [5.74, 6) is 1.50. The van der Waals surface area contributed by atoms with Crippen LogP contribution in [0.3, 0.4) is 0 Å². The average Bonchev–Trinajstić information content (AvgIpc) is 3.11. The predicted molar refractivity (Wildman–Crippen MR) is 104 cm³/mol. The number of imidazole rings is 1. The molecular weight excluding hydrogens is 344 g/mol. The van der Waals surface area contributed by atoms with Crippen LogP contribution >= 0.6 is 11.8 Å². The highest BCUT2D eigenvalue weighted by Gasteiger charge is 2.21. The normalized spacial score (nSPS) is 14.2. The van der Waals surface area contributed by atoms with Crippen LogP contribution in [0.1, 0.15) is 17.0 Å². The van der Waals surface area contributed by atoms with Gasteiger partial charge in [0, 0.05) is 48.8 Å². The Bertz CT molecular complexity index is 891. The Labute approximate surface area is 157 Å². The minimum atomic E-state index is 0.615. The van der Waals surface area contributed by atoms with E-state index in [4.69, 9.17) is 9.72 Å². The number of methoxy groups -OCH3 is 1. The summed E-state index contributed by atoms with van der Waals surface area (Å²) in [6.45, 7) is 2.89. The molecule has 26 heavy (non-hydrogen) atoms. The van der Waals surface area contributed by atoms with E-state index < -0.39 is 0 Å². The minimum absolute atomic E-state index is 0.615. The summed E-state index contributed by atoms with van der Waals surface area (Å²) in [5, 5.41) is 0. The van der Waals surface area contributed by atoms with Crippen molar-refractivity contribution in [3.8, 4) is 17.3 Å². The molecule has 4 rings (SSSR count). The number of rotatable bonds is 5. The molecule has 1 aromatic carbocycles. The van der Waals surface area contributed by atoms with Gasteiger partial charge in [0.25, 0.3) is 0 Å². The molecule has 5 nitrogen and oxygen atoms in total. The van der Waals surface area contributed by atoms with Crippen LogP contribution in [0.25, 0.3) is 11.4 Å². The van der Waals surface area contributed by atoms with Crippen LogP contribution in [0.4, 0.5) is 0 Å². The number of benzene rings is 1. The maximum Gasteiger partial charge on any atom is 0.212 e. The van der Waals surface area contributed by atoms with Crippen LogP contribution in [0, 0.1) is 0 Å². The second-order valence-corrected chi connectivity index (χ2v) is 7.29. The number of hydrogen-bond donors (Lipinski definition) is 1. The molecule has 3 heterocycles. The maximum atomic E-state index is 5.12. The van der Waals surface area contributed by atoms with Crippen molar-refractivity contribution >= 4 is 11.8 Å². The van der Waals surface area contributed by atoms with Gasteiger partial charge >= 0.3 is 0 Å². The second kappa shape index (κ2) is 7.51. The first-order valence-corrected chi connectivity index (χ1v) is 9.91. The van der Waals surface area contributed by atoms with Gasteiger partial charge in [-0.05, 0) is 30.0 Å². The second-order valence-electron chi connectivity index (χ2n) is 6.41. The highest BCUT2D eigenvalue weighted by atomic mass is 32.2. The van der Waals surface area contributed by atoms with E-state index in [-0.39, 0.29) is 0 Å². The Morgan fingerprint density at radius 1 is 1.27 bits per heavy atom. The van der Waals surface area contributed by atoms with Crippen molar-refractivity contribution in [1.29, 1.82) is 0 Å². The molecule has 134 valence electrons. The van der Waals surface area contributed by atoms with Gasteiger partial charge in [-0.3, -0.25) is 4.90 Å². The van der Waals surface area contributed by atoms with Gasteiger partial charge in [0.05, 0.1) is 18.5 Å². The Morgan fingerprint density at radius 2 is 2.19 bits per heavy atom. The fourth-order valence-electron chi connectivity index (χ4n) is 3.29. The molecule has 0 spiro atoms. The van der Waals surface area contributed by atoms with Gasteiger partial charge in [0.2, 0.25) is 5.88 Å². The van der Waals surface area contributed by atoms with Gasteiger partial charge in [0.1, 0.15) is 5.82 Å². The van der Waals surface area contributed by atoms with Crippen molar-refractivity contribution in [3.63, 3.8) is 0 Å². The Morgan fingerprint density at radius 3 is 2.96 bits per heavy atom. The van der Waals surface area contributed by atoms with Crippen LogP contribution in [0.15, 0.2) is 47.5 Å². The Hall–Kier alpha value is -2.31. The topological polar surface area (TPSA) is 54.0 Å². The zero-order valence-corrected chi connectivity index (χ0v) is 15.8. The molecule has 1 aliphatic rings. The van der Waals surface area contributed by atoms with Crippen molar-refractivity contribution in [3.05, 3.63) is 59.5 Å². The third-order valence-electron chi connectivity index (χ3n) is 4.67. The van der Waals surface area contributed by atoms with Gasteiger partial charge in [-0.2, -0.15) is 0 Å². The van der Waals surface area contributed by atoms with E-state index >= 15 is 0 Å². The molecule has 0 unspecified atom stereocenters. The van der Waals surface area contributed by atoms with Crippen LogP contribution in [0.5, 0.6) is 5.88 Å². The summed E-state index contributed by atoms with van der Waals surface area (Å²) in [6, 6.07) is 12.6. The molecular formula is C20H22N4OS. The van der Waals surface area contributed by atoms with E-state index in [0.29, 0.717) is 5.88 Å². The summed E-state index contributed by atoms with van der Waals surface area (Å²) < 4.78 is 5.12. The van der Waals surface area contributed by atoms with E-state index in [9.17, 15) is 0 Å². The molecule has 0 saturated carbocycles. The minimum Gasteiger partial charge on any atom is -0.481 e. The van der Waals surface area contributed by atoms with Crippen molar-refractivity contribution in [1.82, 2.24) is 19.9 Å². The van der Waals surface area contributed by atoms with E-state index in [1.165, 1.54) is 21.8 Å². The van der Waals surface area contributed by atoms with Crippen LogP contribution < -0.4 is 4.74 Å². The number of hydrogen-bond acceptors (Lipinski definition) is 5. The van der Waals surface area contributed by atoms with Gasteiger partial charge in [-0.1, -0.05) is 12.1 Å². The lowest BCUT2D eigenvalue weighted by molar-refractivity contribution is 0.241. The van der Waals surface area contributed by atoms with Crippen LogP contribution in [-0.4, -0.2) is 39.8 Å². The quantitative estimate of drug-likeness (QED) is 0.697. The molecule has 3 aromatic rings. The molecule has 0 bridgehead atoms. The summed E-state index contributed by atoms with van der Waals surface area (Å²) >= 11 is 1.79. The molecule has 0 fully saturated rings. The molecule has 0 saturated heterocycles. The fourth-order valence-corrected chi connectivity index (χ4v) is 3.78. The molecule has 0 atom stereocenters. The molecule has 1 aliphatic heterocycles. The zero-order valence-electron chi connectivity index (χ0n) is 15.0. The number of H-pyrrole nitrogens is 1. The lowest BCUT2D eigenvalue weighted by Gasteiger charge is -2.26. The van der Waals surface area contributed by atoms with Gasteiger partial charge < -0.3 is 9.72 Å². The molecule has 0 amide bonds. The van der Waals surface area contributed by atoms with Crippen molar-refractivity contribution in [2.45, 2.75) is 24.4 Å². The fraction of sp³-hybridized carbons (Fsp3) is 0.300. The molecule has 0 aliphatic carbocycles. The third-order valence-corrected chi connectivity index (χ3v) is 5.40. The first-order valence-electron chi connectivity index (χ1n) is 8.68. The average molecular weight is 366 g/mol. The number of fused-ring (bicyclic) bond motifs is 1. The van der Waals surface area contributed by atoms with Crippen LogP contribution in [0.2, 0.25) is 0 Å². The first-order chi connectivity index (χ1) is 12.7. The number of nitrogens with zero attached hydrogens (tertiary/aromatic N) is 3. The first kappa shape index (κ1) is 17.1. The number of ether oxygens (including phenoxy) is 1. The maximum absolute atomic E-state index is 5.12. The van der Waals surface area contributed by atoms with Crippen molar-refractivity contribution in [2.24, 2.45) is 0 Å². The Kier molecular flexibility index (Phi) is 4.95. The summed E-state index contributed by atoms with van der Waals surface area (Å²) in [5.41, 5.74) is 4.73. The molecule has 2 aromatic heterocycles. The van der Waals surface area contributed by atoms with E-state index in [1.54, 1.807) is 25.1 Å². The molecule has 1 N–H and O–H groups in total. The third kappa shape index (κ3) is 3.61. The lowest BCUT2D eigenvalue weighted by atomic mass is 10.1. The van der Waals surface area contributed by atoms with E-state index in [1.807, 2.05) is 12.1 Å². The highest BCUT2D eigenvalue weighted by Crippen LogP contribution is 2.25. The number of thioether (sulfide) groups is 1. The lowest BCUT2D eigenvalue weighted by Crippen LogP contribution is -2.30. The van der Waals surface area contributed by atoms with Crippen molar-refractivity contribution in [2.75, 3.05) is 19.9 Å². The number of aromatic nitrogens is 3. The van der Waals surface area contributed by atoms with Crippen LogP contribution in [-0.2, 0) is 19.5 Å². The van der Waals surface area contributed by atoms with Crippen molar-refractivity contribution < 1.29 is 4.74 Å². The largest absolute Gasteiger partial charge is 0.481 e. The highest BCUT2D eigenvalue weighted by molar-refractivity contribution is 7.98. The van der Waals surface area contributed by atoms with E-state index in [2.05, 4.69) is 45.4 Å². The smallest absolute Gasteiger partial charge is 0.212 e. The Balaban J connectivity index is 1.49. The zero-order chi connectivity index (χ0) is 17.9. The standard InChI is InChI=1S/C20H22N4OS/c1-25-19-7-6-15(11-21-19)20-22-17-8-9-24(13-18(17)23-20)12-14-4-3-5-16(10-14)26-2/h3-7,10-11H,8-9,12-13H2,1-2H3,(H,22,23). The number of aromatic amines is 1. The predicted octanol–water partition coefficient (Wildman–Crippen LogP) is 3.76. The summed E-state index contributed by atoms with van der Waals surface area (Å²) in [6.07, 6.45) is 4.89. The van der Waals surface area contributed by atoms with Gasteiger partial charge in [-0.15, -0.1) is 11.8 Å². The SMILES string of the molecule is COc1ccc(-c2nc3c([nH]2)CN(Cc2cccc(SC)c2)CC3)cn1.